The van der Waals surface area contributed by atoms with Crippen LogP contribution in [0.5, 0.6) is 0 Å². The van der Waals surface area contributed by atoms with E-state index in [-0.39, 0.29) is 19.6 Å². The Balaban J connectivity index is 4.00. The zero-order chi connectivity index (χ0) is 20.1. The van der Waals surface area contributed by atoms with Crippen LogP contribution in [0.3, 0.4) is 0 Å². The molecule has 1 N–H and O–H groups in total. The fourth-order valence-electron chi connectivity index (χ4n) is 2.73. The molecule has 1 aromatic rings. The number of alkyl halides is 3. The van der Waals surface area contributed by atoms with Gasteiger partial charge >= 0.3 is 11.9 Å². The van der Waals surface area contributed by atoms with Gasteiger partial charge in [0, 0.05) is 25.7 Å². The SMILES string of the molecule is CCCN(CCC)c1c(C(F)(F)F)cc([N+](=O)[O-])c(NCC)c1[N+](=O)[O-]. The predicted octanol–water partition coefficient (Wildman–Crippen LogP) is 4.58. The summed E-state index contributed by atoms with van der Waals surface area (Å²) in [6.45, 7) is 5.40. The van der Waals surface area contributed by atoms with E-state index in [0.717, 1.165) is 0 Å². The first-order valence-electron chi connectivity index (χ1n) is 8.15. The van der Waals surface area contributed by atoms with Gasteiger partial charge in [0.05, 0.1) is 15.4 Å². The molecule has 0 aliphatic rings. The van der Waals surface area contributed by atoms with E-state index in [1.54, 1.807) is 20.8 Å². The second kappa shape index (κ2) is 8.68. The lowest BCUT2D eigenvalue weighted by molar-refractivity contribution is -0.392. The van der Waals surface area contributed by atoms with Gasteiger partial charge in [0.25, 0.3) is 5.69 Å². The minimum atomic E-state index is -4.98. The number of hydrogen-bond donors (Lipinski definition) is 1. The highest BCUT2D eigenvalue weighted by Crippen LogP contribution is 2.49. The van der Waals surface area contributed by atoms with Crippen molar-refractivity contribution in [3.05, 3.63) is 31.9 Å². The lowest BCUT2D eigenvalue weighted by Crippen LogP contribution is -2.29. The summed E-state index contributed by atoms with van der Waals surface area (Å²) in [4.78, 5) is 22.1. The number of nitrogens with zero attached hydrogens (tertiary/aromatic N) is 3. The molecule has 26 heavy (non-hydrogen) atoms. The lowest BCUT2D eigenvalue weighted by Gasteiger charge is -2.27. The van der Waals surface area contributed by atoms with Gasteiger partial charge in [-0.25, -0.2) is 0 Å². The predicted molar refractivity (Wildman–Crippen MR) is 91.7 cm³/mol. The molecule has 0 bridgehead atoms. The number of hydrogen-bond acceptors (Lipinski definition) is 6. The van der Waals surface area contributed by atoms with Crippen LogP contribution in [0.4, 0.5) is 35.9 Å². The maximum absolute atomic E-state index is 13.6. The molecule has 0 spiro atoms. The Morgan fingerprint density at radius 3 is 1.96 bits per heavy atom. The third-order valence-electron chi connectivity index (χ3n) is 3.59. The first-order chi connectivity index (χ1) is 12.1. The second-order valence-corrected chi connectivity index (χ2v) is 5.54. The van der Waals surface area contributed by atoms with Crippen LogP contribution < -0.4 is 10.2 Å². The zero-order valence-electron chi connectivity index (χ0n) is 14.7. The molecule has 0 fully saturated rings. The third-order valence-corrected chi connectivity index (χ3v) is 3.59. The molecule has 0 aliphatic carbocycles. The van der Waals surface area contributed by atoms with Gasteiger partial charge in [0.1, 0.15) is 5.69 Å². The fraction of sp³-hybridized carbons (Fsp3) is 0.600. The van der Waals surface area contributed by atoms with Crippen molar-refractivity contribution in [2.24, 2.45) is 0 Å². The van der Waals surface area contributed by atoms with Gasteiger partial charge in [-0.05, 0) is 19.8 Å². The van der Waals surface area contributed by atoms with Crippen molar-refractivity contribution in [1.82, 2.24) is 0 Å². The van der Waals surface area contributed by atoms with Crippen LogP contribution in [-0.4, -0.2) is 29.5 Å². The van der Waals surface area contributed by atoms with Gasteiger partial charge in [-0.1, -0.05) is 13.8 Å². The maximum atomic E-state index is 13.6. The van der Waals surface area contributed by atoms with Crippen LogP contribution in [0.2, 0.25) is 0 Å². The summed E-state index contributed by atoms with van der Waals surface area (Å²) in [7, 11) is 0. The molecule has 0 amide bonds. The van der Waals surface area contributed by atoms with Crippen LogP contribution in [0.25, 0.3) is 0 Å². The van der Waals surface area contributed by atoms with Crippen molar-refractivity contribution in [1.29, 1.82) is 0 Å². The number of halogens is 3. The fourth-order valence-corrected chi connectivity index (χ4v) is 2.73. The number of nitrogens with one attached hydrogen (secondary N) is 1. The second-order valence-electron chi connectivity index (χ2n) is 5.54. The van der Waals surface area contributed by atoms with E-state index in [2.05, 4.69) is 5.32 Å². The van der Waals surface area contributed by atoms with E-state index in [9.17, 15) is 33.4 Å². The first-order valence-corrected chi connectivity index (χ1v) is 8.15. The van der Waals surface area contributed by atoms with Crippen molar-refractivity contribution in [3.63, 3.8) is 0 Å². The van der Waals surface area contributed by atoms with Crippen molar-refractivity contribution >= 4 is 22.7 Å². The van der Waals surface area contributed by atoms with Gasteiger partial charge < -0.3 is 10.2 Å². The largest absolute Gasteiger partial charge is 0.418 e. The van der Waals surface area contributed by atoms with E-state index in [4.69, 9.17) is 0 Å². The Hall–Kier alpha value is -2.59. The first kappa shape index (κ1) is 21.5. The van der Waals surface area contributed by atoms with Crippen molar-refractivity contribution in [2.75, 3.05) is 29.9 Å². The van der Waals surface area contributed by atoms with E-state index in [1.165, 1.54) is 4.90 Å². The van der Waals surface area contributed by atoms with Crippen LogP contribution >= 0.6 is 0 Å². The summed E-state index contributed by atoms with van der Waals surface area (Å²) < 4.78 is 40.8. The Kier molecular flexibility index (Phi) is 7.16. The molecule has 146 valence electrons. The molecule has 1 aromatic carbocycles. The quantitative estimate of drug-likeness (QED) is 0.498. The van der Waals surface area contributed by atoms with Crippen LogP contribution in [0.15, 0.2) is 6.07 Å². The summed E-state index contributed by atoms with van der Waals surface area (Å²) in [6.07, 6.45) is -4.06. The molecule has 0 aromatic heterocycles. The molecule has 0 radical (unpaired) electrons. The maximum Gasteiger partial charge on any atom is 0.418 e. The number of nitro groups is 2. The normalized spacial score (nSPS) is 11.3. The van der Waals surface area contributed by atoms with Crippen LogP contribution in [-0.2, 0) is 6.18 Å². The molecule has 0 saturated carbocycles. The smallest absolute Gasteiger partial charge is 0.374 e. The Labute approximate surface area is 148 Å². The monoisotopic (exact) mass is 378 g/mol. The Morgan fingerprint density at radius 1 is 1.08 bits per heavy atom. The minimum absolute atomic E-state index is 0.0774. The third kappa shape index (κ3) is 4.52. The summed E-state index contributed by atoms with van der Waals surface area (Å²) in [5.41, 5.74) is -4.41. The highest BCUT2D eigenvalue weighted by molar-refractivity contribution is 5.87. The molecule has 0 unspecified atom stereocenters. The number of anilines is 2. The molecule has 0 heterocycles. The number of nitro benzene ring substituents is 2. The van der Waals surface area contributed by atoms with Crippen molar-refractivity contribution in [3.8, 4) is 0 Å². The van der Waals surface area contributed by atoms with Crippen molar-refractivity contribution in [2.45, 2.75) is 39.8 Å². The van der Waals surface area contributed by atoms with E-state index < -0.39 is 44.3 Å². The molecular weight excluding hydrogens is 357 g/mol. The van der Waals surface area contributed by atoms with E-state index in [1.807, 2.05) is 0 Å². The highest BCUT2D eigenvalue weighted by Gasteiger charge is 2.44. The van der Waals surface area contributed by atoms with Crippen LogP contribution in [0.1, 0.15) is 39.2 Å². The highest BCUT2D eigenvalue weighted by atomic mass is 19.4. The van der Waals surface area contributed by atoms with Crippen molar-refractivity contribution < 1.29 is 23.0 Å². The van der Waals surface area contributed by atoms with Crippen LogP contribution in [0, 0.1) is 20.2 Å². The average molecular weight is 378 g/mol. The summed E-state index contributed by atoms with van der Waals surface area (Å²) >= 11 is 0. The lowest BCUT2D eigenvalue weighted by atomic mass is 10.0. The summed E-state index contributed by atoms with van der Waals surface area (Å²) in [6, 6.07) is 0.374. The van der Waals surface area contributed by atoms with Gasteiger partial charge in [0.2, 0.25) is 0 Å². The molecule has 0 aliphatic heterocycles. The summed E-state index contributed by atoms with van der Waals surface area (Å²) in [5.74, 6) is 0. The molecule has 0 saturated heterocycles. The topological polar surface area (TPSA) is 102 Å². The summed E-state index contributed by atoms with van der Waals surface area (Å²) in [5, 5.41) is 25.4. The van der Waals surface area contributed by atoms with Gasteiger partial charge in [-0.15, -0.1) is 0 Å². The zero-order valence-corrected chi connectivity index (χ0v) is 14.7. The average Bonchev–Trinajstić information content (AvgIpc) is 2.52. The Morgan fingerprint density at radius 2 is 1.62 bits per heavy atom. The molecule has 11 heteroatoms. The van der Waals surface area contributed by atoms with E-state index >= 15 is 0 Å². The van der Waals surface area contributed by atoms with Gasteiger partial charge in [-0.3, -0.25) is 20.2 Å². The molecule has 1 rings (SSSR count). The number of rotatable bonds is 9. The van der Waals surface area contributed by atoms with E-state index in [0.29, 0.717) is 18.9 Å². The molecular formula is C15H21F3N4O4. The Bertz CT molecular complexity index is 674. The number of benzene rings is 1. The molecule has 0 atom stereocenters. The standard InChI is InChI=1S/C15H21F3N4O4/c1-4-7-20(8-5-2)13-10(15(16,17)18)9-11(21(23)24)12(19-6-3)14(13)22(25)26/h9,19H,4-8H2,1-3H3. The van der Waals surface area contributed by atoms with Gasteiger partial charge in [-0.2, -0.15) is 13.2 Å². The molecule has 8 nitrogen and oxygen atoms in total. The minimum Gasteiger partial charge on any atom is -0.374 e. The van der Waals surface area contributed by atoms with Gasteiger partial charge in [0.15, 0.2) is 5.69 Å².